The molecule has 0 bridgehead atoms. The molecule has 2 aliphatic rings. The zero-order valence-corrected chi connectivity index (χ0v) is 65.6. The second-order valence-electron chi connectivity index (χ2n) is 35.1. The zero-order valence-electron chi connectivity index (χ0n) is 73.6. The minimum Gasteiger partial charge on any atom is -0.453 e. The van der Waals surface area contributed by atoms with Crippen LogP contribution in [0, 0.1) is 0 Å². The molecule has 21 rings (SSSR count). The Morgan fingerprint density at radius 2 is 0.726 bits per heavy atom. The van der Waals surface area contributed by atoms with E-state index in [0.29, 0.717) is 16.9 Å². The molecule has 0 saturated heterocycles. The minimum atomic E-state index is -0.525. The van der Waals surface area contributed by atoms with Gasteiger partial charge in [-0.3, -0.25) is 0 Å². The van der Waals surface area contributed by atoms with Gasteiger partial charge in [-0.15, -0.1) is 0 Å². The number of hydrogen-bond acceptors (Lipinski definition) is 3. The maximum absolute atomic E-state index is 9.90. The van der Waals surface area contributed by atoms with Gasteiger partial charge in [-0.05, 0) is 192 Å². The normalized spacial score (nSPS) is 14.2. The molecule has 113 heavy (non-hydrogen) atoms. The summed E-state index contributed by atoms with van der Waals surface area (Å²) < 4.78 is 90.3. The number of para-hydroxylation sites is 6. The van der Waals surface area contributed by atoms with Gasteiger partial charge >= 0.3 is 0 Å². The van der Waals surface area contributed by atoms with E-state index in [2.05, 4.69) is 363 Å². The van der Waals surface area contributed by atoms with Crippen molar-refractivity contribution >= 4 is 145 Å². The Bertz CT molecular complexity index is 7470. The SMILES string of the molecule is [2H]c1c([2H])c([2H])c2c(c1[2H])c1c([2H])c([2H])c([2H])c([2H])c1n2-c1ccc2c(c1)N(c1cccc3c1oc1c(-c4cccc5c4c4ccccc4n5-c4ccccc4)cccc13)c1cc(C(C)(C)C)cc3c1B2c1ccc(-n2c4ccc(C(C)(C)C)cc4c4cc(C(C)(C)C)ccc42)cc1N3c1c(-c2ccccc2)cc(C(C)(C)C)cc1-c1ccccc1. The number of aromatic nitrogens is 3. The van der Waals surface area contributed by atoms with Gasteiger partial charge < -0.3 is 27.9 Å². The molecule has 7 heteroatoms. The molecule has 0 N–H and O–H groups in total. The molecule has 0 saturated carbocycles. The van der Waals surface area contributed by atoms with E-state index >= 15 is 0 Å². The molecule has 6 nitrogen and oxygen atoms in total. The number of hydrogen-bond donors (Lipinski definition) is 0. The number of rotatable bonds is 8. The van der Waals surface area contributed by atoms with Crippen molar-refractivity contribution in [2.75, 3.05) is 9.80 Å². The maximum Gasteiger partial charge on any atom is 0.252 e. The van der Waals surface area contributed by atoms with Crippen LogP contribution in [0.4, 0.5) is 34.1 Å². The van der Waals surface area contributed by atoms with Crippen molar-refractivity contribution < 1.29 is 15.4 Å². The topological polar surface area (TPSA) is 34.4 Å². The van der Waals surface area contributed by atoms with Crippen LogP contribution >= 0.6 is 0 Å². The first-order valence-electron chi connectivity index (χ1n) is 43.4. The summed E-state index contributed by atoms with van der Waals surface area (Å²) in [5.41, 5.74) is 26.2. The van der Waals surface area contributed by atoms with E-state index in [9.17, 15) is 8.22 Å². The lowest BCUT2D eigenvalue weighted by molar-refractivity contribution is 0.590. The molecular formula is C106H88BN5O. The summed E-state index contributed by atoms with van der Waals surface area (Å²) in [5.74, 6) is 0. The number of anilines is 6. The zero-order chi connectivity index (χ0) is 83.8. The molecule has 2 aliphatic heterocycles. The van der Waals surface area contributed by atoms with Gasteiger partial charge in [0, 0.05) is 99.6 Å². The van der Waals surface area contributed by atoms with Gasteiger partial charge in [0.25, 0.3) is 6.71 Å². The first kappa shape index (κ1) is 60.0. The van der Waals surface area contributed by atoms with Gasteiger partial charge in [0.2, 0.25) is 0 Å². The lowest BCUT2D eigenvalue weighted by atomic mass is 9.33. The Hall–Kier alpha value is -12.8. The fraction of sp³-hybridized carbons (Fsp3) is 0.151. The molecule has 19 aromatic rings. The summed E-state index contributed by atoms with van der Waals surface area (Å²) in [6.45, 7) is 26.9. The third-order valence-electron chi connectivity index (χ3n) is 24.1. The summed E-state index contributed by atoms with van der Waals surface area (Å²) in [7, 11) is 0. The molecule has 15 aromatic carbocycles. The smallest absolute Gasteiger partial charge is 0.252 e. The van der Waals surface area contributed by atoms with E-state index in [4.69, 9.17) is 7.16 Å². The van der Waals surface area contributed by atoms with Crippen LogP contribution in [0.3, 0.4) is 0 Å². The second kappa shape index (κ2) is 24.8. The van der Waals surface area contributed by atoms with Crippen molar-refractivity contribution in [3.05, 3.63) is 338 Å². The molecule has 0 aliphatic carbocycles. The van der Waals surface area contributed by atoms with Crippen LogP contribution in [0.1, 0.15) is 116 Å². The van der Waals surface area contributed by atoms with Crippen molar-refractivity contribution in [1.82, 2.24) is 13.7 Å². The summed E-state index contributed by atoms with van der Waals surface area (Å²) in [6.07, 6.45) is 0. The van der Waals surface area contributed by atoms with Crippen molar-refractivity contribution in [2.24, 2.45) is 0 Å². The largest absolute Gasteiger partial charge is 0.453 e. The quantitative estimate of drug-likeness (QED) is 0.142. The molecule has 0 amide bonds. The van der Waals surface area contributed by atoms with Gasteiger partial charge in [0.15, 0.2) is 5.58 Å². The molecular weight excluding hydrogens is 1370 g/mol. The van der Waals surface area contributed by atoms with E-state index in [1.54, 1.807) is 4.57 Å². The summed E-state index contributed by atoms with van der Waals surface area (Å²) in [5, 5.41) is 6.37. The molecule has 4 aromatic heterocycles. The van der Waals surface area contributed by atoms with E-state index in [0.717, 1.165) is 144 Å². The highest BCUT2D eigenvalue weighted by atomic mass is 16.3. The van der Waals surface area contributed by atoms with Crippen LogP contribution in [0.2, 0.25) is 0 Å². The van der Waals surface area contributed by atoms with Crippen molar-refractivity contribution in [3.8, 4) is 50.4 Å². The predicted molar refractivity (Wildman–Crippen MR) is 482 cm³/mol. The standard InChI is InChI=1S/C106H88BN5O/c1-103(2,3)67-49-55-90-83(57-67)84-58-68(104(4,5)6)50-56-91(84)110(90)73-52-54-86-95(64-73)112(100-81(65-31-16-13-17-32-65)59-69(105(7,8)9)60-82(100)66-33-18-14-19-34-66)97-62-70(106(10,11)12)61-96-99(97)107(86)85-53-51-72(109-87-44-25-22-37-74(87)75-38-23-26-45-88(75)109)63-94(85)111(96)93-48-30-43-79-78-42-28-41-77(101(78)113-102(79)93)76-40-29-47-92-98(76)80-39-24-27-46-89(80)108(92)71-35-20-15-21-36-71/h13-64H,1-12H3/i22D,23D,25D,26D,37D,38D,44D,45D. The second-order valence-corrected chi connectivity index (χ2v) is 35.1. The highest BCUT2D eigenvalue weighted by Crippen LogP contribution is 2.55. The minimum absolute atomic E-state index is 0.000433. The van der Waals surface area contributed by atoms with Crippen molar-refractivity contribution in [1.29, 1.82) is 0 Å². The molecule has 0 atom stereocenters. The average Bonchev–Trinajstić information content (AvgIpc) is 0.897. The summed E-state index contributed by atoms with van der Waals surface area (Å²) in [4.78, 5) is 4.95. The highest BCUT2D eigenvalue weighted by Gasteiger charge is 2.46. The average molecular weight is 1470 g/mol. The monoisotopic (exact) mass is 1470 g/mol. The van der Waals surface area contributed by atoms with E-state index in [1.165, 1.54) is 27.5 Å². The third-order valence-corrected chi connectivity index (χ3v) is 24.1. The van der Waals surface area contributed by atoms with Crippen LogP contribution in [-0.2, 0) is 21.7 Å². The van der Waals surface area contributed by atoms with E-state index < -0.39 is 48.4 Å². The van der Waals surface area contributed by atoms with Crippen LogP contribution < -0.4 is 26.2 Å². The highest BCUT2D eigenvalue weighted by molar-refractivity contribution is 7.00. The van der Waals surface area contributed by atoms with E-state index in [-0.39, 0.29) is 50.1 Å². The number of benzene rings is 15. The summed E-state index contributed by atoms with van der Waals surface area (Å²) >= 11 is 0. The Morgan fingerprint density at radius 3 is 1.30 bits per heavy atom. The van der Waals surface area contributed by atoms with Gasteiger partial charge in [0.05, 0.1) is 55.4 Å². The number of fused-ring (bicyclic) bond motifs is 16. The lowest BCUT2D eigenvalue weighted by Crippen LogP contribution is -2.61. The van der Waals surface area contributed by atoms with Gasteiger partial charge in [-0.1, -0.05) is 283 Å². The Balaban J connectivity index is 0.915. The van der Waals surface area contributed by atoms with Crippen LogP contribution in [0.5, 0.6) is 0 Å². The number of nitrogens with zero attached hydrogens (tertiary/aromatic N) is 5. The first-order valence-corrected chi connectivity index (χ1v) is 39.4. The van der Waals surface area contributed by atoms with Crippen molar-refractivity contribution in [2.45, 2.75) is 105 Å². The molecule has 0 fully saturated rings. The van der Waals surface area contributed by atoms with E-state index in [1.807, 2.05) is 6.07 Å². The molecule has 6 heterocycles. The van der Waals surface area contributed by atoms with Crippen molar-refractivity contribution in [3.63, 3.8) is 0 Å². The molecule has 0 unspecified atom stereocenters. The number of furan rings is 1. The summed E-state index contributed by atoms with van der Waals surface area (Å²) in [6, 6.07) is 93.8. The van der Waals surface area contributed by atoms with Crippen LogP contribution in [-0.4, -0.2) is 20.4 Å². The molecule has 0 radical (unpaired) electrons. The predicted octanol–water partition coefficient (Wildman–Crippen LogP) is 27.2. The third kappa shape index (κ3) is 10.5. The molecule has 0 spiro atoms. The van der Waals surface area contributed by atoms with Gasteiger partial charge in [-0.2, -0.15) is 0 Å². The molecule has 546 valence electrons. The van der Waals surface area contributed by atoms with Gasteiger partial charge in [-0.25, -0.2) is 0 Å². The fourth-order valence-electron chi connectivity index (χ4n) is 18.4. The Labute approximate surface area is 672 Å². The Kier molecular flexibility index (Phi) is 13.2. The lowest BCUT2D eigenvalue weighted by Gasteiger charge is -2.46. The fourth-order valence-corrected chi connectivity index (χ4v) is 18.4. The first-order chi connectivity index (χ1) is 57.9. The van der Waals surface area contributed by atoms with Crippen LogP contribution in [0.25, 0.3) is 138 Å². The Morgan fingerprint density at radius 1 is 0.283 bits per heavy atom. The van der Waals surface area contributed by atoms with Crippen LogP contribution in [0.15, 0.2) is 320 Å². The van der Waals surface area contributed by atoms with Gasteiger partial charge in [0.1, 0.15) is 5.58 Å². The maximum atomic E-state index is 9.90.